The molecular formula is C25H50. The lowest BCUT2D eigenvalue weighted by atomic mass is 9.68. The largest absolute Gasteiger partial charge is 0.0654 e. The Morgan fingerprint density at radius 1 is 0.680 bits per heavy atom. The highest BCUT2D eigenvalue weighted by Gasteiger charge is 2.30. The Morgan fingerprint density at radius 2 is 1.28 bits per heavy atom. The molecule has 150 valence electrons. The van der Waals surface area contributed by atoms with Gasteiger partial charge in [0.2, 0.25) is 0 Å². The maximum absolute atomic E-state index is 2.48. The number of hydrogen-bond donors (Lipinski definition) is 0. The maximum atomic E-state index is 2.48. The first-order chi connectivity index (χ1) is 12.0. The van der Waals surface area contributed by atoms with Crippen LogP contribution in [0.3, 0.4) is 0 Å². The van der Waals surface area contributed by atoms with Crippen molar-refractivity contribution in [3.63, 3.8) is 0 Å². The summed E-state index contributed by atoms with van der Waals surface area (Å²) in [6, 6.07) is 0. The van der Waals surface area contributed by atoms with Gasteiger partial charge in [-0.3, -0.25) is 0 Å². The molecule has 1 aliphatic rings. The van der Waals surface area contributed by atoms with Gasteiger partial charge in [0.15, 0.2) is 0 Å². The second kappa shape index (κ2) is 13.2. The van der Waals surface area contributed by atoms with Crippen molar-refractivity contribution in [2.75, 3.05) is 0 Å². The van der Waals surface area contributed by atoms with Crippen molar-refractivity contribution < 1.29 is 0 Å². The minimum atomic E-state index is 0.865. The molecule has 0 heterocycles. The molecule has 25 heavy (non-hydrogen) atoms. The fourth-order valence-corrected chi connectivity index (χ4v) is 5.73. The first kappa shape index (κ1) is 23.0. The van der Waals surface area contributed by atoms with Crippen LogP contribution in [-0.2, 0) is 0 Å². The summed E-state index contributed by atoms with van der Waals surface area (Å²) in [5, 5.41) is 0. The quantitative estimate of drug-likeness (QED) is 0.311. The SMILES string of the molecule is CCCCC(CCC)C1CCC(C(CC)CCC(C)CC(C)C)CC1. The normalized spacial score (nSPS) is 25.1. The number of rotatable bonds is 13. The van der Waals surface area contributed by atoms with Gasteiger partial charge < -0.3 is 0 Å². The molecule has 0 aromatic carbocycles. The molecule has 0 bridgehead atoms. The van der Waals surface area contributed by atoms with Crippen LogP contribution in [0.5, 0.6) is 0 Å². The van der Waals surface area contributed by atoms with E-state index in [0.29, 0.717) is 0 Å². The first-order valence-corrected chi connectivity index (χ1v) is 12.0. The van der Waals surface area contributed by atoms with Crippen LogP contribution in [0.25, 0.3) is 0 Å². The molecule has 0 saturated heterocycles. The van der Waals surface area contributed by atoms with Crippen molar-refractivity contribution >= 4 is 0 Å². The van der Waals surface area contributed by atoms with E-state index in [1.807, 2.05) is 0 Å². The Hall–Kier alpha value is 0. The van der Waals surface area contributed by atoms with E-state index in [9.17, 15) is 0 Å². The standard InChI is InChI=1S/C25H50/c1-7-10-12-23(11-8-2)25-17-15-24(16-18-25)22(9-3)14-13-21(6)19-20(4)5/h20-25H,7-19H2,1-6H3. The topological polar surface area (TPSA) is 0 Å². The van der Waals surface area contributed by atoms with Gasteiger partial charge >= 0.3 is 0 Å². The molecule has 0 nitrogen and oxygen atoms in total. The zero-order chi connectivity index (χ0) is 18.7. The van der Waals surface area contributed by atoms with Gasteiger partial charge in [-0.2, -0.15) is 0 Å². The molecule has 0 spiro atoms. The fraction of sp³-hybridized carbons (Fsp3) is 1.00. The molecule has 0 aromatic rings. The van der Waals surface area contributed by atoms with Crippen LogP contribution < -0.4 is 0 Å². The van der Waals surface area contributed by atoms with E-state index in [2.05, 4.69) is 41.5 Å². The summed E-state index contributed by atoms with van der Waals surface area (Å²) >= 11 is 0. The van der Waals surface area contributed by atoms with Gasteiger partial charge in [0.1, 0.15) is 0 Å². The van der Waals surface area contributed by atoms with Crippen molar-refractivity contribution in [3.05, 3.63) is 0 Å². The number of hydrogen-bond acceptors (Lipinski definition) is 0. The molecular weight excluding hydrogens is 300 g/mol. The lowest BCUT2D eigenvalue weighted by Crippen LogP contribution is -2.26. The third-order valence-corrected chi connectivity index (χ3v) is 7.17. The van der Waals surface area contributed by atoms with Crippen molar-refractivity contribution in [1.82, 2.24) is 0 Å². The minimum absolute atomic E-state index is 0.865. The van der Waals surface area contributed by atoms with E-state index in [0.717, 1.165) is 35.5 Å². The lowest BCUT2D eigenvalue weighted by molar-refractivity contribution is 0.139. The van der Waals surface area contributed by atoms with E-state index in [1.54, 1.807) is 0 Å². The Labute approximate surface area is 160 Å². The van der Waals surface area contributed by atoms with Gasteiger partial charge in [-0.25, -0.2) is 0 Å². The molecule has 0 aromatic heterocycles. The Morgan fingerprint density at radius 3 is 1.76 bits per heavy atom. The van der Waals surface area contributed by atoms with Gasteiger partial charge in [-0.05, 0) is 74.0 Å². The van der Waals surface area contributed by atoms with E-state index in [1.165, 1.54) is 83.5 Å². The maximum Gasteiger partial charge on any atom is -0.0386 e. The van der Waals surface area contributed by atoms with E-state index >= 15 is 0 Å². The second-order valence-corrected chi connectivity index (χ2v) is 9.85. The molecule has 1 rings (SSSR count). The van der Waals surface area contributed by atoms with E-state index in [4.69, 9.17) is 0 Å². The molecule has 3 unspecified atom stereocenters. The predicted octanol–water partition coefficient (Wildman–Crippen LogP) is 8.89. The molecule has 0 radical (unpaired) electrons. The molecule has 0 heteroatoms. The van der Waals surface area contributed by atoms with Gasteiger partial charge in [-0.1, -0.05) is 86.5 Å². The van der Waals surface area contributed by atoms with Gasteiger partial charge in [-0.15, -0.1) is 0 Å². The third-order valence-electron chi connectivity index (χ3n) is 7.17. The smallest absolute Gasteiger partial charge is 0.0386 e. The van der Waals surface area contributed by atoms with Crippen molar-refractivity contribution in [1.29, 1.82) is 0 Å². The highest BCUT2D eigenvalue weighted by molar-refractivity contribution is 4.81. The highest BCUT2D eigenvalue weighted by Crippen LogP contribution is 2.42. The predicted molar refractivity (Wildman–Crippen MR) is 115 cm³/mol. The fourth-order valence-electron chi connectivity index (χ4n) is 5.73. The average molecular weight is 351 g/mol. The van der Waals surface area contributed by atoms with Crippen LogP contribution in [0.2, 0.25) is 0 Å². The van der Waals surface area contributed by atoms with Crippen LogP contribution in [-0.4, -0.2) is 0 Å². The van der Waals surface area contributed by atoms with Gasteiger partial charge in [0.05, 0.1) is 0 Å². The Bertz CT molecular complexity index is 297. The molecule has 0 N–H and O–H groups in total. The molecule has 0 amide bonds. The molecule has 1 saturated carbocycles. The van der Waals surface area contributed by atoms with Crippen LogP contribution in [0, 0.1) is 35.5 Å². The summed E-state index contributed by atoms with van der Waals surface area (Å²) in [6.07, 6.45) is 19.1. The highest BCUT2D eigenvalue weighted by atomic mass is 14.4. The van der Waals surface area contributed by atoms with Crippen molar-refractivity contribution in [2.45, 2.75) is 125 Å². The van der Waals surface area contributed by atoms with E-state index in [-0.39, 0.29) is 0 Å². The summed E-state index contributed by atoms with van der Waals surface area (Å²) in [5.41, 5.74) is 0. The monoisotopic (exact) mass is 350 g/mol. The second-order valence-electron chi connectivity index (χ2n) is 9.85. The van der Waals surface area contributed by atoms with E-state index < -0.39 is 0 Å². The molecule has 1 fully saturated rings. The van der Waals surface area contributed by atoms with Crippen LogP contribution in [0.4, 0.5) is 0 Å². The molecule has 1 aliphatic carbocycles. The summed E-state index contributed by atoms with van der Waals surface area (Å²) in [4.78, 5) is 0. The minimum Gasteiger partial charge on any atom is -0.0654 e. The van der Waals surface area contributed by atoms with Crippen LogP contribution in [0.1, 0.15) is 125 Å². The summed E-state index contributed by atoms with van der Waals surface area (Å²) in [6.45, 7) is 14.4. The van der Waals surface area contributed by atoms with Crippen LogP contribution in [0.15, 0.2) is 0 Å². The third kappa shape index (κ3) is 8.96. The Kier molecular flexibility index (Phi) is 12.2. The van der Waals surface area contributed by atoms with Crippen molar-refractivity contribution in [2.24, 2.45) is 35.5 Å². The summed E-state index contributed by atoms with van der Waals surface area (Å²) in [7, 11) is 0. The molecule has 3 atom stereocenters. The number of unbranched alkanes of at least 4 members (excludes halogenated alkanes) is 1. The first-order valence-electron chi connectivity index (χ1n) is 12.0. The van der Waals surface area contributed by atoms with Gasteiger partial charge in [0, 0.05) is 0 Å². The summed E-state index contributed by atoms with van der Waals surface area (Å²) in [5.74, 6) is 5.94. The van der Waals surface area contributed by atoms with Gasteiger partial charge in [0.25, 0.3) is 0 Å². The van der Waals surface area contributed by atoms with Crippen molar-refractivity contribution in [3.8, 4) is 0 Å². The summed E-state index contributed by atoms with van der Waals surface area (Å²) < 4.78 is 0. The molecule has 0 aliphatic heterocycles. The zero-order valence-electron chi connectivity index (χ0n) is 18.7. The zero-order valence-corrected chi connectivity index (χ0v) is 18.7. The lowest BCUT2D eigenvalue weighted by Gasteiger charge is -2.37. The van der Waals surface area contributed by atoms with Crippen LogP contribution >= 0.6 is 0 Å². The average Bonchev–Trinajstić information content (AvgIpc) is 2.59. The Balaban J connectivity index is 2.41.